The highest BCUT2D eigenvalue weighted by molar-refractivity contribution is 7.71. The number of para-hydroxylation sites is 1. The van der Waals surface area contributed by atoms with Gasteiger partial charge in [0.2, 0.25) is 0 Å². The Labute approximate surface area is 130 Å². The lowest BCUT2D eigenvalue weighted by Crippen LogP contribution is -2.33. The third-order valence-electron chi connectivity index (χ3n) is 3.91. The highest BCUT2D eigenvalue weighted by atomic mass is 32.1. The number of hydrogen-bond acceptors (Lipinski definition) is 3. The minimum Gasteiger partial charge on any atom is -0.489 e. The molecule has 1 heterocycles. The molecule has 1 fully saturated rings. The van der Waals surface area contributed by atoms with E-state index in [4.69, 9.17) is 21.7 Å². The van der Waals surface area contributed by atoms with E-state index in [0.29, 0.717) is 12.1 Å². The molecule has 0 bridgehead atoms. The van der Waals surface area contributed by atoms with Crippen LogP contribution in [-0.2, 0) is 4.74 Å². The van der Waals surface area contributed by atoms with E-state index in [0.717, 1.165) is 41.0 Å². The van der Waals surface area contributed by atoms with Crippen LogP contribution in [0.25, 0.3) is 11.0 Å². The fourth-order valence-electron chi connectivity index (χ4n) is 2.96. The normalized spacial score (nSPS) is 21.7. The molecule has 1 saturated carbocycles. The van der Waals surface area contributed by atoms with E-state index in [1.807, 2.05) is 32.9 Å². The largest absolute Gasteiger partial charge is 0.489 e. The molecule has 114 valence electrons. The number of fused-ring (bicyclic) bond motifs is 1. The van der Waals surface area contributed by atoms with Gasteiger partial charge in [-0.05, 0) is 58.0 Å². The van der Waals surface area contributed by atoms with Crippen molar-refractivity contribution in [1.82, 2.24) is 9.55 Å². The first-order chi connectivity index (χ1) is 10.1. The van der Waals surface area contributed by atoms with Gasteiger partial charge < -0.3 is 19.0 Å². The lowest BCUT2D eigenvalue weighted by atomic mass is 9.89. The van der Waals surface area contributed by atoms with Crippen molar-refractivity contribution in [3.05, 3.63) is 23.0 Å². The van der Waals surface area contributed by atoms with Gasteiger partial charge in [0, 0.05) is 12.6 Å². The average Bonchev–Trinajstić information content (AvgIpc) is 2.70. The number of imidazole rings is 1. The van der Waals surface area contributed by atoms with Crippen molar-refractivity contribution in [2.24, 2.45) is 0 Å². The second kappa shape index (κ2) is 5.81. The van der Waals surface area contributed by atoms with E-state index in [2.05, 4.69) is 15.6 Å². The zero-order valence-electron chi connectivity index (χ0n) is 12.8. The summed E-state index contributed by atoms with van der Waals surface area (Å²) in [6.45, 7) is 6.88. The van der Waals surface area contributed by atoms with Crippen molar-refractivity contribution in [2.45, 2.75) is 51.9 Å². The molecule has 21 heavy (non-hydrogen) atoms. The van der Waals surface area contributed by atoms with Gasteiger partial charge in [0.05, 0.1) is 17.7 Å². The maximum atomic E-state index is 5.87. The molecule has 4 nitrogen and oxygen atoms in total. The van der Waals surface area contributed by atoms with Gasteiger partial charge in [-0.15, -0.1) is 0 Å². The summed E-state index contributed by atoms with van der Waals surface area (Å²) in [5, 5.41) is 0. The number of ether oxygens (including phenoxy) is 2. The number of rotatable bonds is 5. The molecule has 0 atom stereocenters. The van der Waals surface area contributed by atoms with Gasteiger partial charge in [0.15, 0.2) is 4.77 Å². The Morgan fingerprint density at radius 3 is 2.81 bits per heavy atom. The number of benzene rings is 1. The van der Waals surface area contributed by atoms with Gasteiger partial charge in [0.25, 0.3) is 0 Å². The summed E-state index contributed by atoms with van der Waals surface area (Å²) in [6.07, 6.45) is 2.59. The summed E-state index contributed by atoms with van der Waals surface area (Å²) in [5.74, 6) is 0.869. The second-order valence-corrected chi connectivity index (χ2v) is 6.21. The summed E-state index contributed by atoms with van der Waals surface area (Å²) >= 11 is 5.52. The van der Waals surface area contributed by atoms with Gasteiger partial charge in [0.1, 0.15) is 11.3 Å². The fourth-order valence-corrected chi connectivity index (χ4v) is 3.31. The molecule has 0 radical (unpaired) electrons. The van der Waals surface area contributed by atoms with Crippen LogP contribution >= 0.6 is 12.2 Å². The molecular weight excluding hydrogens is 284 g/mol. The molecule has 1 aliphatic rings. The van der Waals surface area contributed by atoms with Gasteiger partial charge >= 0.3 is 0 Å². The van der Waals surface area contributed by atoms with Crippen LogP contribution in [0.1, 0.15) is 39.7 Å². The molecule has 5 heteroatoms. The summed E-state index contributed by atoms with van der Waals surface area (Å²) in [6, 6.07) is 6.54. The lowest BCUT2D eigenvalue weighted by molar-refractivity contribution is -0.0190. The van der Waals surface area contributed by atoms with Gasteiger partial charge in [-0.3, -0.25) is 0 Å². The maximum absolute atomic E-state index is 5.87. The topological polar surface area (TPSA) is 39.2 Å². The monoisotopic (exact) mass is 306 g/mol. The zero-order chi connectivity index (χ0) is 15.0. The van der Waals surface area contributed by atoms with Gasteiger partial charge in [-0.25, -0.2) is 0 Å². The second-order valence-electron chi connectivity index (χ2n) is 5.82. The average molecular weight is 306 g/mol. The molecule has 0 saturated heterocycles. The fraction of sp³-hybridized carbons (Fsp3) is 0.562. The molecule has 3 rings (SSSR count). The number of aromatic nitrogens is 2. The van der Waals surface area contributed by atoms with E-state index < -0.39 is 0 Å². The third-order valence-corrected chi connectivity index (χ3v) is 4.21. The zero-order valence-corrected chi connectivity index (χ0v) is 13.6. The van der Waals surface area contributed by atoms with Crippen LogP contribution in [0.15, 0.2) is 18.2 Å². The highest BCUT2D eigenvalue weighted by Gasteiger charge is 2.32. The van der Waals surface area contributed by atoms with Crippen molar-refractivity contribution in [3.63, 3.8) is 0 Å². The van der Waals surface area contributed by atoms with E-state index in [9.17, 15) is 0 Å². The smallest absolute Gasteiger partial charge is 0.178 e. The van der Waals surface area contributed by atoms with E-state index in [1.165, 1.54) is 0 Å². The van der Waals surface area contributed by atoms with Crippen molar-refractivity contribution in [2.75, 3.05) is 6.61 Å². The molecule has 1 aromatic heterocycles. The quantitative estimate of drug-likeness (QED) is 0.840. The number of nitrogens with zero attached hydrogens (tertiary/aromatic N) is 1. The van der Waals surface area contributed by atoms with Gasteiger partial charge in [-0.1, -0.05) is 6.07 Å². The minimum absolute atomic E-state index is 0.145. The molecule has 0 aliphatic heterocycles. The van der Waals surface area contributed by atoms with Crippen molar-refractivity contribution < 1.29 is 9.47 Å². The summed E-state index contributed by atoms with van der Waals surface area (Å²) < 4.78 is 14.5. The third kappa shape index (κ3) is 2.72. The molecule has 1 aromatic carbocycles. The summed E-state index contributed by atoms with van der Waals surface area (Å²) in [5.41, 5.74) is 2.12. The Hall–Kier alpha value is -1.33. The number of nitrogens with one attached hydrogen (secondary N) is 1. The highest BCUT2D eigenvalue weighted by Crippen LogP contribution is 2.38. The number of hydrogen-bond donors (Lipinski definition) is 1. The molecule has 2 aromatic rings. The Balaban J connectivity index is 1.94. The van der Waals surface area contributed by atoms with Crippen LogP contribution in [0, 0.1) is 4.77 Å². The first-order valence-corrected chi connectivity index (χ1v) is 8.02. The van der Waals surface area contributed by atoms with Crippen LogP contribution in [0.3, 0.4) is 0 Å². The van der Waals surface area contributed by atoms with E-state index in [1.54, 1.807) is 0 Å². The van der Waals surface area contributed by atoms with Crippen LogP contribution < -0.4 is 4.74 Å². The van der Waals surface area contributed by atoms with E-state index in [-0.39, 0.29) is 6.10 Å². The molecule has 0 amide bonds. The first-order valence-electron chi connectivity index (χ1n) is 7.61. The van der Waals surface area contributed by atoms with Crippen LogP contribution in [0.5, 0.6) is 5.75 Å². The van der Waals surface area contributed by atoms with Crippen molar-refractivity contribution in [3.8, 4) is 5.75 Å². The molecule has 0 spiro atoms. The number of aromatic amines is 1. The molecule has 1 N–H and O–H groups in total. The predicted molar refractivity (Wildman–Crippen MR) is 86.6 cm³/mol. The van der Waals surface area contributed by atoms with E-state index >= 15 is 0 Å². The number of H-pyrrole nitrogens is 1. The first kappa shape index (κ1) is 14.6. The molecular formula is C16H22N2O2S. The Morgan fingerprint density at radius 2 is 2.14 bits per heavy atom. The Morgan fingerprint density at radius 1 is 1.38 bits per heavy atom. The minimum atomic E-state index is 0.145. The standard InChI is InChI=1S/C16H22N2O2S/c1-4-19-12-8-11(9-12)18-13-6-5-7-14(20-10(2)3)15(13)17-16(18)21/h5-7,10-12H,4,8-9H2,1-3H3,(H,17,21). The van der Waals surface area contributed by atoms with Crippen molar-refractivity contribution in [1.29, 1.82) is 0 Å². The Kier molecular flexibility index (Phi) is 4.04. The summed E-state index contributed by atoms with van der Waals surface area (Å²) in [4.78, 5) is 3.31. The SMILES string of the molecule is CCOC1CC(n2c(=S)[nH]c3c(OC(C)C)cccc32)C1. The maximum Gasteiger partial charge on any atom is 0.178 e. The van der Waals surface area contributed by atoms with Crippen molar-refractivity contribution >= 4 is 23.3 Å². The van der Waals surface area contributed by atoms with Crippen LogP contribution in [0.2, 0.25) is 0 Å². The molecule has 0 unspecified atom stereocenters. The van der Waals surface area contributed by atoms with Crippen LogP contribution in [0.4, 0.5) is 0 Å². The van der Waals surface area contributed by atoms with Crippen LogP contribution in [-0.4, -0.2) is 28.4 Å². The molecule has 1 aliphatic carbocycles. The predicted octanol–water partition coefficient (Wildman–Crippen LogP) is 4.23. The Bertz CT molecular complexity index is 683. The lowest BCUT2D eigenvalue weighted by Gasteiger charge is -2.36. The summed E-state index contributed by atoms with van der Waals surface area (Å²) in [7, 11) is 0. The van der Waals surface area contributed by atoms with Gasteiger partial charge in [-0.2, -0.15) is 0 Å².